The minimum Gasteiger partial charge on any atom is -0.393 e. The predicted octanol–water partition coefficient (Wildman–Crippen LogP) is 4.91. The third-order valence-corrected chi connectivity index (χ3v) is 8.90. The molecule has 134 valence electrons. The number of allylic oxidation sites excluding steroid dienone is 2. The van der Waals surface area contributed by atoms with Crippen LogP contribution >= 0.6 is 0 Å². The van der Waals surface area contributed by atoms with Crippen molar-refractivity contribution in [1.82, 2.24) is 0 Å². The highest BCUT2D eigenvalue weighted by Gasteiger charge is 2.59. The fraction of sp³-hybridized carbons (Fsp3) is 0.864. The summed E-state index contributed by atoms with van der Waals surface area (Å²) in [5.74, 6) is 3.30. The second-order valence-electron chi connectivity index (χ2n) is 9.96. The molecule has 0 aromatic rings. The molecule has 0 unspecified atom stereocenters. The Hall–Kier alpha value is -0.630. The maximum Gasteiger partial charge on any atom is 0.156 e. The van der Waals surface area contributed by atoms with Gasteiger partial charge < -0.3 is 5.11 Å². The van der Waals surface area contributed by atoms with Crippen LogP contribution in [0.15, 0.2) is 11.1 Å². The molecule has 0 bridgehead atoms. The molecule has 0 heterocycles. The molecule has 24 heavy (non-hydrogen) atoms. The van der Waals surface area contributed by atoms with Crippen LogP contribution in [0.3, 0.4) is 0 Å². The first-order chi connectivity index (χ1) is 11.3. The van der Waals surface area contributed by atoms with Crippen molar-refractivity contribution in [3.8, 4) is 0 Å². The average Bonchev–Trinajstić information content (AvgIpc) is 2.78. The number of Topliss-reactive ketones (excluding diaryl/α,β-unsaturated/α-hetero) is 1. The Morgan fingerprint density at radius 1 is 1.08 bits per heavy atom. The van der Waals surface area contributed by atoms with E-state index in [1.165, 1.54) is 43.3 Å². The third-order valence-electron chi connectivity index (χ3n) is 8.90. The topological polar surface area (TPSA) is 37.3 Å². The van der Waals surface area contributed by atoms with E-state index in [2.05, 4.69) is 20.8 Å². The Labute approximate surface area is 147 Å². The molecule has 0 amide bonds. The Balaban J connectivity index is 1.65. The van der Waals surface area contributed by atoms with Crippen molar-refractivity contribution < 1.29 is 9.90 Å². The zero-order valence-electron chi connectivity index (χ0n) is 15.9. The van der Waals surface area contributed by atoms with Crippen LogP contribution < -0.4 is 0 Å². The highest BCUT2D eigenvalue weighted by atomic mass is 16.3. The Bertz CT molecular complexity index is 591. The van der Waals surface area contributed by atoms with Crippen LogP contribution in [0.2, 0.25) is 0 Å². The summed E-state index contributed by atoms with van der Waals surface area (Å²) in [5.41, 5.74) is 3.12. The predicted molar refractivity (Wildman–Crippen MR) is 96.5 cm³/mol. The van der Waals surface area contributed by atoms with Gasteiger partial charge in [0, 0.05) is 0 Å². The molecule has 7 atom stereocenters. The van der Waals surface area contributed by atoms with E-state index >= 15 is 0 Å². The molecule has 3 saturated carbocycles. The molecule has 0 saturated heterocycles. The zero-order valence-corrected chi connectivity index (χ0v) is 15.9. The molecule has 0 aliphatic heterocycles. The van der Waals surface area contributed by atoms with E-state index in [0.29, 0.717) is 17.1 Å². The van der Waals surface area contributed by atoms with E-state index in [1.54, 1.807) is 6.92 Å². The molecular weight excluding hydrogens is 296 g/mol. The van der Waals surface area contributed by atoms with Crippen LogP contribution in [0.5, 0.6) is 0 Å². The minimum absolute atomic E-state index is 0.0619. The highest BCUT2D eigenvalue weighted by Crippen LogP contribution is 2.67. The number of carbonyl (C=O) groups excluding carboxylic acids is 1. The molecule has 0 spiro atoms. The van der Waals surface area contributed by atoms with E-state index in [0.717, 1.165) is 37.0 Å². The van der Waals surface area contributed by atoms with Crippen LogP contribution in [-0.4, -0.2) is 17.0 Å². The Morgan fingerprint density at radius 3 is 2.54 bits per heavy atom. The first kappa shape index (κ1) is 16.8. The van der Waals surface area contributed by atoms with Crippen molar-refractivity contribution in [2.24, 2.45) is 34.5 Å². The number of rotatable bonds is 1. The van der Waals surface area contributed by atoms with Gasteiger partial charge in [-0.15, -0.1) is 0 Å². The summed E-state index contributed by atoms with van der Waals surface area (Å²) in [6, 6.07) is 0. The summed E-state index contributed by atoms with van der Waals surface area (Å²) in [4.78, 5) is 12.3. The first-order valence-electron chi connectivity index (χ1n) is 10.2. The van der Waals surface area contributed by atoms with Gasteiger partial charge in [0.15, 0.2) is 5.78 Å². The van der Waals surface area contributed by atoms with Crippen LogP contribution in [0.4, 0.5) is 0 Å². The second kappa shape index (κ2) is 5.43. The lowest BCUT2D eigenvalue weighted by Gasteiger charge is -2.60. The third kappa shape index (κ3) is 2.14. The van der Waals surface area contributed by atoms with Crippen molar-refractivity contribution in [1.29, 1.82) is 0 Å². The lowest BCUT2D eigenvalue weighted by molar-refractivity contribution is -0.124. The van der Waals surface area contributed by atoms with Crippen molar-refractivity contribution >= 4 is 5.78 Å². The Morgan fingerprint density at radius 2 is 1.83 bits per heavy atom. The summed E-state index contributed by atoms with van der Waals surface area (Å²) in [6.45, 7) is 8.91. The Kier molecular flexibility index (Phi) is 3.81. The van der Waals surface area contributed by atoms with Crippen LogP contribution in [0, 0.1) is 34.5 Å². The number of carbonyl (C=O) groups is 1. The minimum atomic E-state index is -0.0619. The van der Waals surface area contributed by atoms with Gasteiger partial charge in [0.2, 0.25) is 0 Å². The normalized spacial score (nSPS) is 51.0. The first-order valence-corrected chi connectivity index (χ1v) is 10.2. The molecule has 3 fully saturated rings. The molecule has 2 nitrogen and oxygen atoms in total. The molecular formula is C22H34O2. The smallest absolute Gasteiger partial charge is 0.156 e. The van der Waals surface area contributed by atoms with Crippen molar-refractivity contribution in [2.75, 3.05) is 0 Å². The van der Waals surface area contributed by atoms with E-state index in [1.807, 2.05) is 0 Å². The average molecular weight is 331 g/mol. The van der Waals surface area contributed by atoms with Gasteiger partial charge in [-0.25, -0.2) is 0 Å². The summed E-state index contributed by atoms with van der Waals surface area (Å²) >= 11 is 0. The summed E-state index contributed by atoms with van der Waals surface area (Å²) < 4.78 is 0. The molecule has 4 rings (SSSR count). The summed E-state index contributed by atoms with van der Waals surface area (Å²) in [5, 5.41) is 10.1. The van der Waals surface area contributed by atoms with Gasteiger partial charge in [0.05, 0.1) is 6.10 Å². The molecule has 4 aliphatic carbocycles. The van der Waals surface area contributed by atoms with Gasteiger partial charge in [-0.05, 0) is 105 Å². The van der Waals surface area contributed by atoms with E-state index < -0.39 is 0 Å². The van der Waals surface area contributed by atoms with Crippen LogP contribution in [0.1, 0.15) is 79.1 Å². The standard InChI is InChI=1S/C22H34O2/c1-13-11-19-17-6-5-15-12-16(24)7-9-21(15,3)18(17)8-10-22(19,4)20(13)14(2)23/h15-19,24H,5-12H2,1-4H3/t15-,16+,17-,18+,19+,21+,22+/m1/s1. The monoisotopic (exact) mass is 330 g/mol. The fourth-order valence-corrected chi connectivity index (χ4v) is 7.86. The lowest BCUT2D eigenvalue weighted by Crippen LogP contribution is -2.53. The quantitative estimate of drug-likeness (QED) is 0.742. The maximum absolute atomic E-state index is 12.3. The molecule has 0 aromatic carbocycles. The van der Waals surface area contributed by atoms with E-state index in [9.17, 15) is 9.90 Å². The summed E-state index contributed by atoms with van der Waals surface area (Å²) in [6.07, 6.45) is 9.39. The van der Waals surface area contributed by atoms with Crippen LogP contribution in [0.25, 0.3) is 0 Å². The number of hydrogen-bond donors (Lipinski definition) is 1. The number of ketones is 1. The zero-order chi connectivity index (χ0) is 17.3. The van der Waals surface area contributed by atoms with Crippen molar-refractivity contribution in [3.63, 3.8) is 0 Å². The summed E-state index contributed by atoms with van der Waals surface area (Å²) in [7, 11) is 0. The van der Waals surface area contributed by atoms with E-state index in [4.69, 9.17) is 0 Å². The van der Waals surface area contributed by atoms with Gasteiger partial charge in [0.25, 0.3) is 0 Å². The number of hydrogen-bond acceptors (Lipinski definition) is 2. The van der Waals surface area contributed by atoms with Crippen molar-refractivity contribution in [3.05, 3.63) is 11.1 Å². The number of fused-ring (bicyclic) bond motifs is 5. The van der Waals surface area contributed by atoms with Crippen molar-refractivity contribution in [2.45, 2.75) is 85.2 Å². The second-order valence-corrected chi connectivity index (χ2v) is 9.96. The van der Waals surface area contributed by atoms with E-state index in [-0.39, 0.29) is 11.5 Å². The van der Waals surface area contributed by atoms with Gasteiger partial charge in [-0.2, -0.15) is 0 Å². The fourth-order valence-electron chi connectivity index (χ4n) is 7.86. The molecule has 2 heteroatoms. The van der Waals surface area contributed by atoms with Crippen LogP contribution in [-0.2, 0) is 4.79 Å². The van der Waals surface area contributed by atoms with Gasteiger partial charge in [0.1, 0.15) is 0 Å². The maximum atomic E-state index is 12.3. The number of aliphatic hydroxyl groups excluding tert-OH is 1. The largest absolute Gasteiger partial charge is 0.393 e. The van der Waals surface area contributed by atoms with Gasteiger partial charge >= 0.3 is 0 Å². The molecule has 4 aliphatic rings. The molecule has 0 radical (unpaired) electrons. The highest BCUT2D eigenvalue weighted by molar-refractivity contribution is 5.96. The molecule has 1 N–H and O–H groups in total. The van der Waals surface area contributed by atoms with Gasteiger partial charge in [-0.3, -0.25) is 4.79 Å². The SMILES string of the molecule is CC(=O)C1=C(C)C[C@H]2[C@@H]3CC[C@@H]4C[C@@H](O)CC[C@]4(C)[C@H]3CC[C@]12C. The lowest BCUT2D eigenvalue weighted by atomic mass is 9.44. The molecule has 0 aromatic heterocycles. The van der Waals surface area contributed by atoms with Gasteiger partial charge in [-0.1, -0.05) is 19.4 Å². The number of aliphatic hydroxyl groups is 1.